The molecule has 154 valence electrons. The summed E-state index contributed by atoms with van der Waals surface area (Å²) in [5, 5.41) is 0. The molecule has 0 unspecified atom stereocenters. The Morgan fingerprint density at radius 1 is 0.741 bits per heavy atom. The molecule has 0 aliphatic rings. The Labute approximate surface area is 165 Å². The van der Waals surface area contributed by atoms with Gasteiger partial charge in [-0.3, -0.25) is 0 Å². The van der Waals surface area contributed by atoms with Crippen LogP contribution < -0.4 is 0 Å². The predicted molar refractivity (Wildman–Crippen MR) is 110 cm³/mol. The molecule has 0 amide bonds. The van der Waals surface area contributed by atoms with E-state index in [-0.39, 0.29) is 6.79 Å². The summed E-state index contributed by atoms with van der Waals surface area (Å²) in [5.74, 6) is 1.31. The number of hydrogen-bond donors (Lipinski definition) is 0. The van der Waals surface area contributed by atoms with Crippen molar-refractivity contribution in [2.75, 3.05) is 20.0 Å². The lowest BCUT2D eigenvalue weighted by Crippen LogP contribution is -2.10. The molecular weight excluding hydrogens is 340 g/mol. The molecule has 0 saturated heterocycles. The molecule has 0 heterocycles. The third-order valence-corrected chi connectivity index (χ3v) is 4.09. The van der Waals surface area contributed by atoms with Gasteiger partial charge < -0.3 is 18.9 Å². The van der Waals surface area contributed by atoms with Crippen molar-refractivity contribution >= 4 is 0 Å². The fourth-order valence-electron chi connectivity index (χ4n) is 2.56. The van der Waals surface area contributed by atoms with Crippen LogP contribution in [0.5, 0.6) is 0 Å². The summed E-state index contributed by atoms with van der Waals surface area (Å²) >= 11 is 0. The quantitative estimate of drug-likeness (QED) is 0.175. The fourth-order valence-corrected chi connectivity index (χ4v) is 2.56. The highest BCUT2D eigenvalue weighted by atomic mass is 16.7. The molecular formula is C23H38O4. The van der Waals surface area contributed by atoms with Gasteiger partial charge in [-0.25, -0.2) is 0 Å². The van der Waals surface area contributed by atoms with E-state index >= 15 is 0 Å². The molecule has 0 radical (unpaired) electrons. The molecule has 4 nitrogen and oxygen atoms in total. The molecule has 0 aromatic heterocycles. The molecule has 0 aliphatic carbocycles. The van der Waals surface area contributed by atoms with Crippen LogP contribution in [0.25, 0.3) is 0 Å². The average molecular weight is 379 g/mol. The lowest BCUT2D eigenvalue weighted by molar-refractivity contribution is -0.0894. The van der Waals surface area contributed by atoms with Gasteiger partial charge >= 0.3 is 5.95 Å². The van der Waals surface area contributed by atoms with E-state index in [1.807, 2.05) is 30.3 Å². The summed E-state index contributed by atoms with van der Waals surface area (Å²) in [4.78, 5) is 0. The van der Waals surface area contributed by atoms with Crippen molar-refractivity contribution in [2.24, 2.45) is 0 Å². The first-order valence-electron chi connectivity index (χ1n) is 10.5. The Morgan fingerprint density at radius 3 is 2.04 bits per heavy atom. The van der Waals surface area contributed by atoms with E-state index in [9.17, 15) is 0 Å². The second-order valence-corrected chi connectivity index (χ2v) is 6.67. The first kappa shape index (κ1) is 23.4. The Kier molecular flexibility index (Phi) is 14.3. The van der Waals surface area contributed by atoms with Crippen molar-refractivity contribution in [3.63, 3.8) is 0 Å². The van der Waals surface area contributed by atoms with Crippen molar-refractivity contribution in [3.8, 4) is 0 Å². The number of unbranched alkanes of at least 4 members (excludes halogenated alkanes) is 4. The third kappa shape index (κ3) is 11.6. The lowest BCUT2D eigenvalue weighted by atomic mass is 10.2. The molecule has 0 N–H and O–H groups in total. The molecule has 0 spiro atoms. The van der Waals surface area contributed by atoms with E-state index in [1.165, 1.54) is 19.3 Å². The molecule has 0 saturated carbocycles. The highest BCUT2D eigenvalue weighted by Gasteiger charge is 2.12. The van der Waals surface area contributed by atoms with Crippen LogP contribution in [0.15, 0.2) is 42.0 Å². The Balaban J connectivity index is 2.57. The summed E-state index contributed by atoms with van der Waals surface area (Å²) < 4.78 is 23.4. The number of rotatable bonds is 17. The fraction of sp³-hybridized carbons (Fsp3) is 0.652. The standard InChI is InChI=1S/C23H38O4/c1-4-7-12-17-25-22(14-6-3)23(26-18-13-8-5-2)27-20-24-19-21-15-10-9-11-16-21/h9-11,15-16H,4-8,12-14,17-20H2,1-3H3. The maximum absolute atomic E-state index is 5.99. The van der Waals surface area contributed by atoms with Crippen LogP contribution in [0, 0.1) is 0 Å². The Bertz CT molecular complexity index is 484. The summed E-state index contributed by atoms with van der Waals surface area (Å²) in [5.41, 5.74) is 1.13. The van der Waals surface area contributed by atoms with Crippen LogP contribution in [0.2, 0.25) is 0 Å². The molecule has 0 fully saturated rings. The van der Waals surface area contributed by atoms with Gasteiger partial charge in [0.15, 0.2) is 12.6 Å². The van der Waals surface area contributed by atoms with E-state index in [4.69, 9.17) is 18.9 Å². The first-order valence-corrected chi connectivity index (χ1v) is 10.5. The highest BCUT2D eigenvalue weighted by molar-refractivity contribution is 5.13. The van der Waals surface area contributed by atoms with Crippen LogP contribution in [0.4, 0.5) is 0 Å². The third-order valence-electron chi connectivity index (χ3n) is 4.09. The van der Waals surface area contributed by atoms with E-state index < -0.39 is 0 Å². The zero-order valence-corrected chi connectivity index (χ0v) is 17.5. The van der Waals surface area contributed by atoms with Gasteiger partial charge in [-0.1, -0.05) is 76.8 Å². The highest BCUT2D eigenvalue weighted by Crippen LogP contribution is 2.18. The molecule has 1 rings (SSSR count). The number of allylic oxidation sites excluding steroid dienone is 1. The Morgan fingerprint density at radius 2 is 1.41 bits per heavy atom. The monoisotopic (exact) mass is 378 g/mol. The van der Waals surface area contributed by atoms with Crippen molar-refractivity contribution in [1.29, 1.82) is 0 Å². The molecule has 0 aliphatic heterocycles. The zero-order chi connectivity index (χ0) is 19.6. The van der Waals surface area contributed by atoms with Gasteiger partial charge in [0.1, 0.15) is 0 Å². The van der Waals surface area contributed by atoms with Gasteiger partial charge in [-0.2, -0.15) is 0 Å². The minimum absolute atomic E-state index is 0.156. The van der Waals surface area contributed by atoms with Gasteiger partial charge in [-0.15, -0.1) is 0 Å². The summed E-state index contributed by atoms with van der Waals surface area (Å²) in [7, 11) is 0. The van der Waals surface area contributed by atoms with Crippen molar-refractivity contribution in [2.45, 2.75) is 78.7 Å². The number of benzene rings is 1. The van der Waals surface area contributed by atoms with Crippen molar-refractivity contribution in [1.82, 2.24) is 0 Å². The van der Waals surface area contributed by atoms with Crippen LogP contribution in [-0.2, 0) is 25.6 Å². The second kappa shape index (κ2) is 16.5. The number of ether oxygens (including phenoxy) is 4. The first-order chi connectivity index (χ1) is 13.3. The zero-order valence-electron chi connectivity index (χ0n) is 17.5. The van der Waals surface area contributed by atoms with E-state index in [0.29, 0.717) is 25.8 Å². The van der Waals surface area contributed by atoms with Crippen LogP contribution in [0.3, 0.4) is 0 Å². The van der Waals surface area contributed by atoms with Gasteiger partial charge in [0, 0.05) is 6.42 Å². The normalized spacial score (nSPS) is 11.8. The molecule has 27 heavy (non-hydrogen) atoms. The summed E-state index contributed by atoms with van der Waals surface area (Å²) in [6, 6.07) is 10.1. The number of hydrogen-bond acceptors (Lipinski definition) is 4. The minimum atomic E-state index is 0.156. The lowest BCUT2D eigenvalue weighted by Gasteiger charge is -2.17. The smallest absolute Gasteiger partial charge is 0.321 e. The maximum atomic E-state index is 5.99. The predicted octanol–water partition coefficient (Wildman–Crippen LogP) is 6.56. The largest absolute Gasteiger partial charge is 0.491 e. The molecule has 0 bridgehead atoms. The van der Waals surface area contributed by atoms with E-state index in [2.05, 4.69) is 20.8 Å². The van der Waals surface area contributed by atoms with Crippen LogP contribution in [0.1, 0.15) is 77.7 Å². The second-order valence-electron chi connectivity index (χ2n) is 6.67. The SMILES string of the molecule is CCCCCOC(CCC)=C(OCCCCC)OCOCc1ccccc1. The van der Waals surface area contributed by atoms with E-state index in [0.717, 1.165) is 43.4 Å². The van der Waals surface area contributed by atoms with Gasteiger partial charge in [0.2, 0.25) is 0 Å². The van der Waals surface area contributed by atoms with Gasteiger partial charge in [0.25, 0.3) is 0 Å². The summed E-state index contributed by atoms with van der Waals surface area (Å²) in [6.45, 7) is 8.54. The summed E-state index contributed by atoms with van der Waals surface area (Å²) in [6.07, 6.45) is 8.54. The molecule has 4 heteroatoms. The average Bonchev–Trinajstić information content (AvgIpc) is 2.70. The molecule has 1 aromatic carbocycles. The van der Waals surface area contributed by atoms with Crippen molar-refractivity contribution in [3.05, 3.63) is 47.6 Å². The minimum Gasteiger partial charge on any atom is -0.491 e. The topological polar surface area (TPSA) is 36.9 Å². The van der Waals surface area contributed by atoms with Gasteiger partial charge in [0.05, 0.1) is 19.8 Å². The Hall–Kier alpha value is -1.68. The molecule has 1 aromatic rings. The van der Waals surface area contributed by atoms with Crippen LogP contribution in [-0.4, -0.2) is 20.0 Å². The van der Waals surface area contributed by atoms with Gasteiger partial charge in [-0.05, 0) is 24.8 Å². The van der Waals surface area contributed by atoms with Crippen molar-refractivity contribution < 1.29 is 18.9 Å². The molecule has 0 atom stereocenters. The van der Waals surface area contributed by atoms with Crippen LogP contribution >= 0.6 is 0 Å². The maximum Gasteiger partial charge on any atom is 0.321 e. The van der Waals surface area contributed by atoms with E-state index in [1.54, 1.807) is 0 Å².